The highest BCUT2D eigenvalue weighted by atomic mass is 32.1. The maximum absolute atomic E-state index is 5.63. The van der Waals surface area contributed by atoms with Gasteiger partial charge in [-0.05, 0) is 25.1 Å². The number of aryl methyl sites for hydroxylation is 1. The van der Waals surface area contributed by atoms with E-state index < -0.39 is 0 Å². The van der Waals surface area contributed by atoms with Gasteiger partial charge in [-0.15, -0.1) is 0 Å². The van der Waals surface area contributed by atoms with E-state index >= 15 is 0 Å². The van der Waals surface area contributed by atoms with Crippen molar-refractivity contribution in [2.45, 2.75) is 6.92 Å². The summed E-state index contributed by atoms with van der Waals surface area (Å²) < 4.78 is 0. The lowest BCUT2D eigenvalue weighted by Gasteiger charge is -2.19. The largest absolute Gasteiger partial charge is 0.389 e. The molecule has 0 fully saturated rings. The number of anilines is 2. The van der Waals surface area contributed by atoms with Crippen molar-refractivity contribution in [3.63, 3.8) is 0 Å². The number of hydrogen-bond acceptors (Lipinski definition) is 4. The highest BCUT2D eigenvalue weighted by Crippen LogP contribution is 2.22. The summed E-state index contributed by atoms with van der Waals surface area (Å²) in [6.07, 6.45) is 1.74. The van der Waals surface area contributed by atoms with Crippen LogP contribution in [0.2, 0.25) is 0 Å². The first-order valence-electron chi connectivity index (χ1n) is 5.51. The van der Waals surface area contributed by atoms with Crippen LogP contribution in [0.25, 0.3) is 0 Å². The Balaban J connectivity index is 2.36. The van der Waals surface area contributed by atoms with Gasteiger partial charge < -0.3 is 10.6 Å². The molecule has 5 heteroatoms. The molecule has 0 unspecified atom stereocenters. The first-order chi connectivity index (χ1) is 8.58. The normalized spacial score (nSPS) is 10.1. The van der Waals surface area contributed by atoms with E-state index in [1.807, 2.05) is 49.2 Å². The molecule has 1 aromatic carbocycles. The average Bonchev–Trinajstić information content (AvgIpc) is 2.38. The fourth-order valence-electron chi connectivity index (χ4n) is 1.63. The Kier molecular flexibility index (Phi) is 3.53. The van der Waals surface area contributed by atoms with Crippen LogP contribution in [0.4, 0.5) is 11.5 Å². The number of rotatable bonds is 3. The Morgan fingerprint density at radius 1 is 1.33 bits per heavy atom. The number of benzene rings is 1. The van der Waals surface area contributed by atoms with Gasteiger partial charge in [0.2, 0.25) is 0 Å². The van der Waals surface area contributed by atoms with Gasteiger partial charge in [0.05, 0.1) is 0 Å². The standard InChI is InChI=1S/C13H14N4S/c1-9-15-7-6-12(16-9)17(2)11-5-3-4-10(8-11)13(14)18/h3-8H,1-2H3,(H2,14,18). The maximum atomic E-state index is 5.63. The van der Waals surface area contributed by atoms with Crippen LogP contribution in [0.15, 0.2) is 36.5 Å². The van der Waals surface area contributed by atoms with Gasteiger partial charge in [0, 0.05) is 24.5 Å². The summed E-state index contributed by atoms with van der Waals surface area (Å²) >= 11 is 4.98. The molecule has 0 saturated carbocycles. The SMILES string of the molecule is Cc1nccc(N(C)c2cccc(C(N)=S)c2)n1. The fraction of sp³-hybridized carbons (Fsp3) is 0.154. The number of thiocarbonyl (C=S) groups is 1. The zero-order valence-corrected chi connectivity index (χ0v) is 11.1. The zero-order valence-electron chi connectivity index (χ0n) is 10.3. The number of aromatic nitrogens is 2. The first kappa shape index (κ1) is 12.4. The molecule has 2 rings (SSSR count). The number of hydrogen-bond donors (Lipinski definition) is 1. The summed E-state index contributed by atoms with van der Waals surface area (Å²) in [5.41, 5.74) is 7.46. The lowest BCUT2D eigenvalue weighted by molar-refractivity contribution is 1.01. The first-order valence-corrected chi connectivity index (χ1v) is 5.92. The van der Waals surface area contributed by atoms with Gasteiger partial charge in [-0.3, -0.25) is 0 Å². The minimum atomic E-state index is 0.393. The van der Waals surface area contributed by atoms with Gasteiger partial charge in [-0.1, -0.05) is 24.4 Å². The molecule has 4 nitrogen and oxygen atoms in total. The minimum Gasteiger partial charge on any atom is -0.389 e. The van der Waals surface area contributed by atoms with E-state index in [1.165, 1.54) is 0 Å². The summed E-state index contributed by atoms with van der Waals surface area (Å²) in [6.45, 7) is 1.86. The second-order valence-corrected chi connectivity index (χ2v) is 4.38. The van der Waals surface area contributed by atoms with Gasteiger partial charge in [-0.25, -0.2) is 9.97 Å². The summed E-state index contributed by atoms with van der Waals surface area (Å²) in [6, 6.07) is 9.61. The summed E-state index contributed by atoms with van der Waals surface area (Å²) in [5, 5.41) is 0. The number of nitrogens with two attached hydrogens (primary N) is 1. The molecule has 2 N–H and O–H groups in total. The Morgan fingerprint density at radius 3 is 2.78 bits per heavy atom. The molecule has 1 aromatic heterocycles. The van der Waals surface area contributed by atoms with Crippen LogP contribution < -0.4 is 10.6 Å². The van der Waals surface area contributed by atoms with E-state index in [0.29, 0.717) is 4.99 Å². The van der Waals surface area contributed by atoms with Crippen molar-refractivity contribution in [3.05, 3.63) is 47.9 Å². The number of nitrogens with zero attached hydrogens (tertiary/aromatic N) is 3. The molecule has 0 amide bonds. The minimum absolute atomic E-state index is 0.393. The Bertz CT molecular complexity index is 583. The molecule has 0 aliphatic heterocycles. The van der Waals surface area contributed by atoms with E-state index in [4.69, 9.17) is 18.0 Å². The second-order valence-electron chi connectivity index (χ2n) is 3.94. The van der Waals surface area contributed by atoms with Crippen molar-refractivity contribution in [1.29, 1.82) is 0 Å². The van der Waals surface area contributed by atoms with E-state index in [1.54, 1.807) is 6.20 Å². The molecule has 92 valence electrons. The van der Waals surface area contributed by atoms with Crippen LogP contribution in [0.3, 0.4) is 0 Å². The molecule has 0 spiro atoms. The second kappa shape index (κ2) is 5.10. The summed E-state index contributed by atoms with van der Waals surface area (Å²) in [7, 11) is 1.94. The van der Waals surface area contributed by atoms with Crippen LogP contribution in [0.1, 0.15) is 11.4 Å². The lowest BCUT2D eigenvalue weighted by Crippen LogP contribution is -2.14. The van der Waals surface area contributed by atoms with E-state index in [-0.39, 0.29) is 0 Å². The van der Waals surface area contributed by atoms with Gasteiger partial charge in [0.15, 0.2) is 0 Å². The van der Waals surface area contributed by atoms with Gasteiger partial charge in [0.1, 0.15) is 16.6 Å². The van der Waals surface area contributed by atoms with Gasteiger partial charge >= 0.3 is 0 Å². The predicted octanol–water partition coefficient (Wildman–Crippen LogP) is 2.19. The average molecular weight is 258 g/mol. The quantitative estimate of drug-likeness (QED) is 0.855. The van der Waals surface area contributed by atoms with Crippen molar-refractivity contribution < 1.29 is 0 Å². The van der Waals surface area contributed by atoms with E-state index in [9.17, 15) is 0 Å². The predicted molar refractivity (Wildman–Crippen MR) is 77.2 cm³/mol. The maximum Gasteiger partial charge on any atom is 0.136 e. The zero-order chi connectivity index (χ0) is 13.1. The highest BCUT2D eigenvalue weighted by molar-refractivity contribution is 7.80. The third kappa shape index (κ3) is 2.62. The smallest absolute Gasteiger partial charge is 0.136 e. The van der Waals surface area contributed by atoms with E-state index in [2.05, 4.69) is 9.97 Å². The van der Waals surface area contributed by atoms with Crippen LogP contribution in [-0.2, 0) is 0 Å². The van der Waals surface area contributed by atoms with Gasteiger partial charge in [0.25, 0.3) is 0 Å². The summed E-state index contributed by atoms with van der Waals surface area (Å²) in [5.74, 6) is 1.58. The molecule has 0 atom stereocenters. The molecule has 2 aromatic rings. The molecular weight excluding hydrogens is 244 g/mol. The fourth-order valence-corrected chi connectivity index (χ4v) is 1.76. The third-order valence-corrected chi connectivity index (χ3v) is 2.86. The molecule has 0 bridgehead atoms. The van der Waals surface area contributed by atoms with E-state index in [0.717, 1.165) is 22.9 Å². The molecule has 1 heterocycles. The Morgan fingerprint density at radius 2 is 2.11 bits per heavy atom. The highest BCUT2D eigenvalue weighted by Gasteiger charge is 2.07. The molecule has 0 saturated heterocycles. The molecular formula is C13H14N4S. The van der Waals surface area contributed by atoms with Gasteiger partial charge in [-0.2, -0.15) is 0 Å². The molecule has 18 heavy (non-hydrogen) atoms. The monoisotopic (exact) mass is 258 g/mol. The van der Waals surface area contributed by atoms with Crippen molar-refractivity contribution in [3.8, 4) is 0 Å². The van der Waals surface area contributed by atoms with Crippen LogP contribution in [-0.4, -0.2) is 22.0 Å². The van der Waals surface area contributed by atoms with Crippen molar-refractivity contribution in [1.82, 2.24) is 9.97 Å². The topological polar surface area (TPSA) is 55.0 Å². The Labute approximate surface area is 111 Å². The van der Waals surface area contributed by atoms with Crippen LogP contribution in [0.5, 0.6) is 0 Å². The molecule has 0 radical (unpaired) electrons. The van der Waals surface area contributed by atoms with Crippen LogP contribution >= 0.6 is 12.2 Å². The third-order valence-electron chi connectivity index (χ3n) is 2.62. The van der Waals surface area contributed by atoms with Crippen LogP contribution in [0, 0.1) is 6.92 Å². The van der Waals surface area contributed by atoms with Crippen molar-refractivity contribution >= 4 is 28.7 Å². The van der Waals surface area contributed by atoms with Crippen molar-refractivity contribution in [2.75, 3.05) is 11.9 Å². The Hall–Kier alpha value is -2.01. The van der Waals surface area contributed by atoms with Crippen molar-refractivity contribution in [2.24, 2.45) is 5.73 Å². The molecule has 0 aliphatic carbocycles. The summed E-state index contributed by atoms with van der Waals surface area (Å²) in [4.78, 5) is 10.8. The molecule has 0 aliphatic rings. The lowest BCUT2D eigenvalue weighted by atomic mass is 10.2.